The summed E-state index contributed by atoms with van der Waals surface area (Å²) in [6.07, 6.45) is 0. The molecule has 0 atom stereocenters. The molecule has 0 unspecified atom stereocenters. The van der Waals surface area contributed by atoms with Crippen LogP contribution in [0.5, 0.6) is 23.0 Å². The first-order chi connectivity index (χ1) is 10.2. The average Bonchev–Trinajstić information content (AvgIpc) is 2.50. The van der Waals surface area contributed by atoms with Crippen LogP contribution < -0.4 is 19.5 Å². The second-order valence-electron chi connectivity index (χ2n) is 4.45. The maximum Gasteiger partial charge on any atom is 0.141 e. The Morgan fingerprint density at radius 2 is 1.57 bits per heavy atom. The minimum absolute atomic E-state index is 0.660. The summed E-state index contributed by atoms with van der Waals surface area (Å²) in [4.78, 5) is 0. The van der Waals surface area contributed by atoms with Crippen molar-refractivity contribution in [2.45, 2.75) is 6.54 Å². The van der Waals surface area contributed by atoms with Crippen molar-refractivity contribution in [3.63, 3.8) is 0 Å². The molecule has 2 aromatic carbocycles. The SMILES string of the molecule is CNCc1ccc(Oc2cc(OC)cc(OC)c2)c(Br)c1. The summed E-state index contributed by atoms with van der Waals surface area (Å²) < 4.78 is 17.3. The molecule has 0 aliphatic heterocycles. The van der Waals surface area contributed by atoms with Crippen molar-refractivity contribution in [2.75, 3.05) is 21.3 Å². The van der Waals surface area contributed by atoms with Crippen LogP contribution in [0.15, 0.2) is 40.9 Å². The molecule has 0 spiro atoms. The third-order valence-electron chi connectivity index (χ3n) is 2.93. The summed E-state index contributed by atoms with van der Waals surface area (Å²) in [6, 6.07) is 11.4. The van der Waals surface area contributed by atoms with Crippen LogP contribution in [0, 0.1) is 0 Å². The molecule has 0 saturated carbocycles. The van der Waals surface area contributed by atoms with Crippen molar-refractivity contribution in [3.05, 3.63) is 46.4 Å². The number of hydrogen-bond acceptors (Lipinski definition) is 4. The summed E-state index contributed by atoms with van der Waals surface area (Å²) in [6.45, 7) is 0.811. The van der Waals surface area contributed by atoms with Gasteiger partial charge in [0.25, 0.3) is 0 Å². The van der Waals surface area contributed by atoms with Crippen LogP contribution in [0.2, 0.25) is 0 Å². The highest BCUT2D eigenvalue weighted by Gasteiger charge is 2.07. The quantitative estimate of drug-likeness (QED) is 0.854. The van der Waals surface area contributed by atoms with Gasteiger partial charge in [0.1, 0.15) is 23.0 Å². The largest absolute Gasteiger partial charge is 0.496 e. The minimum Gasteiger partial charge on any atom is -0.496 e. The molecule has 0 radical (unpaired) electrons. The molecule has 0 saturated heterocycles. The van der Waals surface area contributed by atoms with Gasteiger partial charge in [-0.3, -0.25) is 0 Å². The van der Waals surface area contributed by atoms with Crippen molar-refractivity contribution in [1.29, 1.82) is 0 Å². The summed E-state index contributed by atoms with van der Waals surface area (Å²) in [5.41, 5.74) is 1.18. The van der Waals surface area contributed by atoms with Crippen LogP contribution in [-0.4, -0.2) is 21.3 Å². The van der Waals surface area contributed by atoms with Gasteiger partial charge >= 0.3 is 0 Å². The summed E-state index contributed by atoms with van der Waals surface area (Å²) in [7, 11) is 5.14. The zero-order valence-corrected chi connectivity index (χ0v) is 13.9. The van der Waals surface area contributed by atoms with Crippen LogP contribution in [0.3, 0.4) is 0 Å². The van der Waals surface area contributed by atoms with E-state index in [9.17, 15) is 0 Å². The fraction of sp³-hybridized carbons (Fsp3) is 0.250. The number of nitrogens with one attached hydrogen (secondary N) is 1. The Kier molecular flexibility index (Phi) is 5.47. The lowest BCUT2D eigenvalue weighted by Crippen LogP contribution is -2.04. The van der Waals surface area contributed by atoms with Crippen LogP contribution in [0.25, 0.3) is 0 Å². The first-order valence-corrected chi connectivity index (χ1v) is 7.29. The molecule has 21 heavy (non-hydrogen) atoms. The second kappa shape index (κ2) is 7.33. The first kappa shape index (κ1) is 15.7. The molecule has 4 nitrogen and oxygen atoms in total. The van der Waals surface area contributed by atoms with Crippen molar-refractivity contribution < 1.29 is 14.2 Å². The molecule has 112 valence electrons. The molecule has 0 bridgehead atoms. The van der Waals surface area contributed by atoms with Gasteiger partial charge in [0.2, 0.25) is 0 Å². The van der Waals surface area contributed by atoms with Gasteiger partial charge in [0, 0.05) is 24.7 Å². The third-order valence-corrected chi connectivity index (χ3v) is 3.55. The van der Waals surface area contributed by atoms with Gasteiger partial charge in [0.05, 0.1) is 18.7 Å². The molecule has 5 heteroatoms. The van der Waals surface area contributed by atoms with Gasteiger partial charge in [-0.05, 0) is 40.7 Å². The predicted octanol–water partition coefficient (Wildman–Crippen LogP) is 3.98. The predicted molar refractivity (Wildman–Crippen MR) is 86.5 cm³/mol. The Hall–Kier alpha value is -1.72. The van der Waals surface area contributed by atoms with Gasteiger partial charge < -0.3 is 19.5 Å². The van der Waals surface area contributed by atoms with E-state index >= 15 is 0 Å². The molecule has 2 rings (SSSR count). The lowest BCUT2D eigenvalue weighted by molar-refractivity contribution is 0.386. The highest BCUT2D eigenvalue weighted by atomic mass is 79.9. The lowest BCUT2D eigenvalue weighted by Gasteiger charge is -2.12. The van der Waals surface area contributed by atoms with E-state index in [1.807, 2.05) is 37.4 Å². The van der Waals surface area contributed by atoms with Gasteiger partial charge in [-0.15, -0.1) is 0 Å². The van der Waals surface area contributed by atoms with E-state index < -0.39 is 0 Å². The average molecular weight is 352 g/mol. The van der Waals surface area contributed by atoms with Gasteiger partial charge in [-0.25, -0.2) is 0 Å². The van der Waals surface area contributed by atoms with Gasteiger partial charge in [0.15, 0.2) is 0 Å². The number of ether oxygens (including phenoxy) is 3. The normalized spacial score (nSPS) is 10.3. The van der Waals surface area contributed by atoms with E-state index in [2.05, 4.69) is 21.2 Å². The van der Waals surface area contributed by atoms with E-state index in [0.29, 0.717) is 17.2 Å². The number of rotatable bonds is 6. The number of methoxy groups -OCH3 is 2. The van der Waals surface area contributed by atoms with Crippen molar-refractivity contribution >= 4 is 15.9 Å². The third kappa shape index (κ3) is 4.12. The fourth-order valence-corrected chi connectivity index (χ4v) is 2.42. The van der Waals surface area contributed by atoms with E-state index in [1.54, 1.807) is 20.3 Å². The van der Waals surface area contributed by atoms with Crippen LogP contribution in [0.4, 0.5) is 0 Å². The van der Waals surface area contributed by atoms with Crippen LogP contribution in [0.1, 0.15) is 5.56 Å². The maximum absolute atomic E-state index is 5.90. The molecule has 0 heterocycles. The molecule has 0 fully saturated rings. The maximum atomic E-state index is 5.90. The molecular formula is C16H18BrNO3. The molecular weight excluding hydrogens is 334 g/mol. The van der Waals surface area contributed by atoms with Crippen LogP contribution in [-0.2, 0) is 6.54 Å². The summed E-state index contributed by atoms with van der Waals surface area (Å²) in [5, 5.41) is 3.12. The number of hydrogen-bond donors (Lipinski definition) is 1. The molecule has 0 aliphatic carbocycles. The van der Waals surface area contributed by atoms with E-state index in [4.69, 9.17) is 14.2 Å². The molecule has 2 aromatic rings. The minimum atomic E-state index is 0.660. The summed E-state index contributed by atoms with van der Waals surface area (Å²) in [5.74, 6) is 2.78. The molecule has 0 amide bonds. The van der Waals surface area contributed by atoms with Crippen molar-refractivity contribution in [3.8, 4) is 23.0 Å². The van der Waals surface area contributed by atoms with E-state index in [1.165, 1.54) is 5.56 Å². The molecule has 0 aromatic heterocycles. The second-order valence-corrected chi connectivity index (χ2v) is 5.30. The zero-order chi connectivity index (χ0) is 15.2. The van der Waals surface area contributed by atoms with E-state index in [-0.39, 0.29) is 0 Å². The Labute approximate surface area is 133 Å². The van der Waals surface area contributed by atoms with Gasteiger partial charge in [-0.1, -0.05) is 6.07 Å². The zero-order valence-electron chi connectivity index (χ0n) is 12.3. The Balaban J connectivity index is 2.25. The Morgan fingerprint density at radius 3 is 2.10 bits per heavy atom. The highest BCUT2D eigenvalue weighted by Crippen LogP contribution is 2.34. The smallest absolute Gasteiger partial charge is 0.141 e. The Bertz CT molecular complexity index is 594. The van der Waals surface area contributed by atoms with Crippen molar-refractivity contribution in [2.24, 2.45) is 0 Å². The summed E-state index contributed by atoms with van der Waals surface area (Å²) >= 11 is 3.53. The first-order valence-electron chi connectivity index (χ1n) is 6.50. The van der Waals surface area contributed by atoms with Crippen LogP contribution >= 0.6 is 15.9 Å². The monoisotopic (exact) mass is 351 g/mol. The fourth-order valence-electron chi connectivity index (χ4n) is 1.91. The highest BCUT2D eigenvalue weighted by molar-refractivity contribution is 9.10. The Morgan fingerprint density at radius 1 is 0.952 bits per heavy atom. The van der Waals surface area contributed by atoms with E-state index in [0.717, 1.165) is 16.8 Å². The standard InChI is InChI=1S/C16H18BrNO3/c1-18-10-11-4-5-16(15(17)6-11)21-14-8-12(19-2)7-13(9-14)20-3/h4-9,18H,10H2,1-3H3. The lowest BCUT2D eigenvalue weighted by atomic mass is 10.2. The topological polar surface area (TPSA) is 39.7 Å². The van der Waals surface area contributed by atoms with Gasteiger partial charge in [-0.2, -0.15) is 0 Å². The molecule has 0 aliphatic rings. The van der Waals surface area contributed by atoms with Crippen molar-refractivity contribution in [1.82, 2.24) is 5.32 Å². The number of halogens is 1. The molecule has 1 N–H and O–H groups in total. The number of benzene rings is 2.